The van der Waals surface area contributed by atoms with E-state index >= 15 is 0 Å². The first-order valence-electron chi connectivity index (χ1n) is 6.75. The van der Waals surface area contributed by atoms with Gasteiger partial charge >= 0.3 is 0 Å². The Bertz CT molecular complexity index is 591. The lowest BCUT2D eigenvalue weighted by Gasteiger charge is -2.12. The number of rotatable bonds is 4. The lowest BCUT2D eigenvalue weighted by atomic mass is 10.1. The number of nitrogens with one attached hydrogen (secondary N) is 1. The molecule has 3 rings (SSSR count). The Morgan fingerprint density at radius 3 is 2.85 bits per heavy atom. The molecule has 4 nitrogen and oxygen atoms in total. The van der Waals surface area contributed by atoms with Crippen LogP contribution in [0.1, 0.15) is 19.3 Å². The molecule has 1 aromatic carbocycles. The second-order valence-corrected chi connectivity index (χ2v) is 5.92. The first-order valence-corrected chi connectivity index (χ1v) is 7.63. The molecule has 0 aliphatic heterocycles. The van der Waals surface area contributed by atoms with Crippen molar-refractivity contribution < 1.29 is 4.74 Å². The summed E-state index contributed by atoms with van der Waals surface area (Å²) in [5.74, 6) is 1.64. The Morgan fingerprint density at radius 2 is 2.15 bits per heavy atom. The van der Waals surface area contributed by atoms with E-state index in [1.165, 1.54) is 19.3 Å². The number of methoxy groups -OCH3 is 1. The van der Waals surface area contributed by atoms with Gasteiger partial charge in [-0.25, -0.2) is 4.98 Å². The van der Waals surface area contributed by atoms with Crippen molar-refractivity contribution in [3.63, 3.8) is 0 Å². The number of benzene rings is 1. The molecule has 0 radical (unpaired) electrons. The smallest absolute Gasteiger partial charge is 0.209 e. The van der Waals surface area contributed by atoms with Gasteiger partial charge in [0.1, 0.15) is 5.75 Å². The summed E-state index contributed by atoms with van der Waals surface area (Å²) in [7, 11) is 1.66. The Balaban J connectivity index is 1.72. The summed E-state index contributed by atoms with van der Waals surface area (Å²) in [6.45, 7) is 0. The van der Waals surface area contributed by atoms with Crippen molar-refractivity contribution >= 4 is 11.8 Å². The van der Waals surface area contributed by atoms with E-state index in [1.54, 1.807) is 18.9 Å². The molecule has 0 bridgehead atoms. The highest BCUT2D eigenvalue weighted by atomic mass is 32.2. The van der Waals surface area contributed by atoms with Crippen LogP contribution < -0.4 is 4.74 Å². The first-order chi connectivity index (χ1) is 9.85. The number of H-pyrrole nitrogens is 1. The molecule has 1 aliphatic carbocycles. The van der Waals surface area contributed by atoms with Gasteiger partial charge in [-0.1, -0.05) is 23.9 Å². The zero-order valence-corrected chi connectivity index (χ0v) is 12.2. The van der Waals surface area contributed by atoms with Crippen molar-refractivity contribution in [2.24, 2.45) is 0 Å². The van der Waals surface area contributed by atoms with E-state index in [4.69, 9.17) is 4.74 Å². The van der Waals surface area contributed by atoms with Crippen molar-refractivity contribution in [3.8, 4) is 17.1 Å². The predicted octanol–water partition coefficient (Wildman–Crippen LogP) is 3.68. The maximum absolute atomic E-state index is 5.15. The van der Waals surface area contributed by atoms with Gasteiger partial charge in [-0.2, -0.15) is 0 Å². The number of ether oxygens (including phenoxy) is 1. The first kappa shape index (κ1) is 13.2. The van der Waals surface area contributed by atoms with Crippen LogP contribution in [0.5, 0.6) is 5.75 Å². The van der Waals surface area contributed by atoms with E-state index in [1.807, 2.05) is 24.3 Å². The quantitative estimate of drug-likeness (QED) is 0.871. The molecular weight excluding hydrogens is 270 g/mol. The van der Waals surface area contributed by atoms with Crippen LogP contribution in [0, 0.1) is 0 Å². The standard InChI is InChI=1S/C15H17N3OS/c1-19-12-9-7-11(8-10-12)14-16-15(18-17-14)20-13-5-3-2-4-6-13/h3,5,7-10,13H,2,4,6H2,1H3,(H,16,17,18)/t13-/m1/s1. The molecule has 0 amide bonds. The Kier molecular flexibility index (Phi) is 4.06. The zero-order valence-electron chi connectivity index (χ0n) is 11.4. The number of nitrogens with zero attached hydrogens (tertiary/aromatic N) is 2. The van der Waals surface area contributed by atoms with Gasteiger partial charge in [0, 0.05) is 10.8 Å². The molecule has 1 N–H and O–H groups in total. The highest BCUT2D eigenvalue weighted by Crippen LogP contribution is 2.29. The third-order valence-corrected chi connectivity index (χ3v) is 4.38. The van der Waals surface area contributed by atoms with Crippen LogP contribution in [0.3, 0.4) is 0 Å². The Hall–Kier alpha value is -1.75. The van der Waals surface area contributed by atoms with Gasteiger partial charge in [0.2, 0.25) is 5.16 Å². The Labute approximate surface area is 122 Å². The SMILES string of the molecule is COc1ccc(-c2nc(S[C@@H]3C=CCCC3)n[nH]2)cc1. The summed E-state index contributed by atoms with van der Waals surface area (Å²) in [4.78, 5) is 4.55. The minimum atomic E-state index is 0.503. The fourth-order valence-electron chi connectivity index (χ4n) is 2.19. The lowest BCUT2D eigenvalue weighted by molar-refractivity contribution is 0.415. The topological polar surface area (TPSA) is 50.8 Å². The summed E-state index contributed by atoms with van der Waals surface area (Å²) in [6.07, 6.45) is 8.16. The number of hydrogen-bond donors (Lipinski definition) is 1. The van der Waals surface area contributed by atoms with Gasteiger partial charge in [-0.15, -0.1) is 5.10 Å². The van der Waals surface area contributed by atoms with Crippen LogP contribution >= 0.6 is 11.8 Å². The molecule has 2 aromatic rings. The third kappa shape index (κ3) is 3.04. The van der Waals surface area contributed by atoms with Crippen molar-refractivity contribution in [1.29, 1.82) is 0 Å². The maximum atomic E-state index is 5.15. The van der Waals surface area contributed by atoms with E-state index in [0.717, 1.165) is 22.3 Å². The van der Waals surface area contributed by atoms with Crippen LogP contribution in [-0.4, -0.2) is 27.5 Å². The van der Waals surface area contributed by atoms with Gasteiger partial charge in [0.15, 0.2) is 5.82 Å². The number of thioether (sulfide) groups is 1. The van der Waals surface area contributed by atoms with E-state index in [9.17, 15) is 0 Å². The van der Waals surface area contributed by atoms with E-state index in [-0.39, 0.29) is 0 Å². The van der Waals surface area contributed by atoms with Crippen molar-refractivity contribution in [2.75, 3.05) is 7.11 Å². The fraction of sp³-hybridized carbons (Fsp3) is 0.333. The van der Waals surface area contributed by atoms with Gasteiger partial charge < -0.3 is 4.74 Å². The minimum Gasteiger partial charge on any atom is -0.497 e. The van der Waals surface area contributed by atoms with E-state index in [0.29, 0.717) is 5.25 Å². The van der Waals surface area contributed by atoms with Crippen LogP contribution in [0.2, 0.25) is 0 Å². The van der Waals surface area contributed by atoms with Crippen LogP contribution in [0.25, 0.3) is 11.4 Å². The number of aromatic amines is 1. The van der Waals surface area contributed by atoms with Crippen molar-refractivity contribution in [2.45, 2.75) is 29.7 Å². The summed E-state index contributed by atoms with van der Waals surface area (Å²) < 4.78 is 5.15. The highest BCUT2D eigenvalue weighted by molar-refractivity contribution is 7.99. The molecule has 1 aliphatic rings. The van der Waals surface area contributed by atoms with E-state index in [2.05, 4.69) is 27.3 Å². The van der Waals surface area contributed by atoms with Gasteiger partial charge in [0.25, 0.3) is 0 Å². The molecular formula is C15H17N3OS. The molecule has 1 aromatic heterocycles. The van der Waals surface area contributed by atoms with E-state index < -0.39 is 0 Å². The molecule has 0 saturated heterocycles. The minimum absolute atomic E-state index is 0.503. The number of hydrogen-bond acceptors (Lipinski definition) is 4. The molecule has 0 spiro atoms. The normalized spacial score (nSPS) is 18.1. The van der Waals surface area contributed by atoms with Crippen LogP contribution in [-0.2, 0) is 0 Å². The average molecular weight is 287 g/mol. The van der Waals surface area contributed by atoms with Gasteiger partial charge in [-0.3, -0.25) is 5.10 Å². The molecule has 0 unspecified atom stereocenters. The molecule has 1 heterocycles. The summed E-state index contributed by atoms with van der Waals surface area (Å²) in [5.41, 5.74) is 1.02. The summed E-state index contributed by atoms with van der Waals surface area (Å²) in [5, 5.41) is 8.61. The van der Waals surface area contributed by atoms with Crippen molar-refractivity contribution in [3.05, 3.63) is 36.4 Å². The highest BCUT2D eigenvalue weighted by Gasteiger charge is 2.13. The zero-order chi connectivity index (χ0) is 13.8. The monoisotopic (exact) mass is 287 g/mol. The average Bonchev–Trinajstić information content (AvgIpc) is 2.97. The van der Waals surface area contributed by atoms with Gasteiger partial charge in [0.05, 0.1) is 7.11 Å². The summed E-state index contributed by atoms with van der Waals surface area (Å²) >= 11 is 1.72. The summed E-state index contributed by atoms with van der Waals surface area (Å²) in [6, 6.07) is 7.81. The molecule has 5 heteroatoms. The van der Waals surface area contributed by atoms with Crippen molar-refractivity contribution in [1.82, 2.24) is 15.2 Å². The van der Waals surface area contributed by atoms with Crippen LogP contribution in [0.15, 0.2) is 41.6 Å². The molecule has 0 saturated carbocycles. The third-order valence-electron chi connectivity index (χ3n) is 3.30. The molecule has 1 atom stereocenters. The molecule has 20 heavy (non-hydrogen) atoms. The fourth-order valence-corrected chi connectivity index (χ4v) is 3.18. The molecule has 0 fully saturated rings. The van der Waals surface area contributed by atoms with Gasteiger partial charge in [-0.05, 0) is 43.5 Å². The largest absolute Gasteiger partial charge is 0.497 e. The van der Waals surface area contributed by atoms with Crippen LogP contribution in [0.4, 0.5) is 0 Å². The maximum Gasteiger partial charge on any atom is 0.209 e. The second kappa shape index (κ2) is 6.13. The number of allylic oxidation sites excluding steroid dienone is 1. The molecule has 104 valence electrons. The second-order valence-electron chi connectivity index (χ2n) is 4.71. The lowest BCUT2D eigenvalue weighted by Crippen LogP contribution is -2.02. The Morgan fingerprint density at radius 1 is 1.30 bits per heavy atom. The predicted molar refractivity (Wildman–Crippen MR) is 81.0 cm³/mol. The number of aromatic nitrogens is 3.